The van der Waals surface area contributed by atoms with Crippen LogP contribution in [0.15, 0.2) is 24.3 Å². The second kappa shape index (κ2) is 6.03. The van der Waals surface area contributed by atoms with Crippen molar-refractivity contribution in [2.75, 3.05) is 31.2 Å². The summed E-state index contributed by atoms with van der Waals surface area (Å²) >= 11 is 0. The maximum absolute atomic E-state index is 5.80. The van der Waals surface area contributed by atoms with E-state index < -0.39 is 0 Å². The third kappa shape index (κ3) is 3.72. The van der Waals surface area contributed by atoms with Crippen LogP contribution in [0.4, 0.5) is 5.69 Å². The monoisotopic (exact) mass is 234 g/mol. The minimum atomic E-state index is 0.229. The summed E-state index contributed by atoms with van der Waals surface area (Å²) in [5, 5.41) is 0. The summed E-state index contributed by atoms with van der Waals surface area (Å²) in [7, 11) is 0. The van der Waals surface area contributed by atoms with Gasteiger partial charge in [-0.2, -0.15) is 0 Å². The molecule has 0 amide bonds. The highest BCUT2D eigenvalue weighted by Gasteiger charge is 2.09. The topological polar surface area (TPSA) is 38.5 Å². The molecule has 2 N–H and O–H groups in total. The molecule has 0 saturated carbocycles. The van der Waals surface area contributed by atoms with Gasteiger partial charge in [0, 0.05) is 31.4 Å². The Bertz CT molecular complexity index is 327. The van der Waals surface area contributed by atoms with E-state index in [0.29, 0.717) is 0 Å². The fourth-order valence-electron chi connectivity index (χ4n) is 2.22. The van der Waals surface area contributed by atoms with Crippen molar-refractivity contribution in [1.82, 2.24) is 0 Å². The average molecular weight is 234 g/mol. The number of hydrogen-bond donors (Lipinski definition) is 1. The summed E-state index contributed by atoms with van der Waals surface area (Å²) in [6.45, 7) is 5.85. The van der Waals surface area contributed by atoms with Crippen LogP contribution in [0.1, 0.15) is 18.9 Å². The van der Waals surface area contributed by atoms with E-state index in [0.717, 1.165) is 39.1 Å². The third-order valence-electron chi connectivity index (χ3n) is 3.08. The Morgan fingerprint density at radius 2 is 2.00 bits per heavy atom. The maximum atomic E-state index is 5.80. The van der Waals surface area contributed by atoms with Gasteiger partial charge >= 0.3 is 0 Å². The van der Waals surface area contributed by atoms with Crippen molar-refractivity contribution in [1.29, 1.82) is 0 Å². The van der Waals surface area contributed by atoms with Gasteiger partial charge in [0.05, 0.1) is 6.61 Å². The summed E-state index contributed by atoms with van der Waals surface area (Å²) in [5.41, 5.74) is 8.41. The first-order chi connectivity index (χ1) is 8.25. The van der Waals surface area contributed by atoms with Crippen LogP contribution in [0.3, 0.4) is 0 Å². The van der Waals surface area contributed by atoms with Crippen molar-refractivity contribution >= 4 is 5.69 Å². The number of nitrogens with two attached hydrogens (primary N) is 1. The molecule has 1 aliphatic rings. The molecule has 94 valence electrons. The molecule has 2 rings (SSSR count). The third-order valence-corrected chi connectivity index (χ3v) is 3.08. The first-order valence-electron chi connectivity index (χ1n) is 6.43. The minimum Gasteiger partial charge on any atom is -0.380 e. The molecule has 3 heteroatoms. The number of ether oxygens (including phenoxy) is 1. The second-order valence-electron chi connectivity index (χ2n) is 4.80. The van der Waals surface area contributed by atoms with Crippen LogP contribution >= 0.6 is 0 Å². The largest absolute Gasteiger partial charge is 0.380 e. The van der Waals surface area contributed by atoms with Crippen LogP contribution in [0.5, 0.6) is 0 Å². The van der Waals surface area contributed by atoms with Crippen molar-refractivity contribution in [2.24, 2.45) is 5.73 Å². The fourth-order valence-corrected chi connectivity index (χ4v) is 2.22. The molecule has 1 heterocycles. The SMILES string of the molecule is CC(N)Cc1ccc(N2CCCOCC2)cc1. The zero-order valence-electron chi connectivity index (χ0n) is 10.6. The van der Waals surface area contributed by atoms with Gasteiger partial charge in [0.1, 0.15) is 0 Å². The molecule has 0 spiro atoms. The summed E-state index contributed by atoms with van der Waals surface area (Å²) < 4.78 is 5.46. The van der Waals surface area contributed by atoms with Gasteiger partial charge in [0.25, 0.3) is 0 Å². The Kier molecular flexibility index (Phi) is 4.40. The zero-order chi connectivity index (χ0) is 12.1. The highest BCUT2D eigenvalue weighted by atomic mass is 16.5. The van der Waals surface area contributed by atoms with Crippen molar-refractivity contribution in [3.63, 3.8) is 0 Å². The Labute approximate surface area is 104 Å². The molecule has 0 aromatic heterocycles. The summed E-state index contributed by atoms with van der Waals surface area (Å²) in [4.78, 5) is 2.39. The summed E-state index contributed by atoms with van der Waals surface area (Å²) in [6, 6.07) is 8.99. The number of anilines is 1. The second-order valence-corrected chi connectivity index (χ2v) is 4.80. The van der Waals surface area contributed by atoms with E-state index in [2.05, 4.69) is 29.2 Å². The molecule has 0 aliphatic carbocycles. The van der Waals surface area contributed by atoms with Gasteiger partial charge in [-0.3, -0.25) is 0 Å². The molecular formula is C14H22N2O. The minimum absolute atomic E-state index is 0.229. The van der Waals surface area contributed by atoms with Crippen LogP contribution in [-0.4, -0.2) is 32.3 Å². The quantitative estimate of drug-likeness (QED) is 0.866. The van der Waals surface area contributed by atoms with Gasteiger partial charge in [-0.15, -0.1) is 0 Å². The Morgan fingerprint density at radius 1 is 1.24 bits per heavy atom. The molecule has 1 fully saturated rings. The van der Waals surface area contributed by atoms with Crippen LogP contribution < -0.4 is 10.6 Å². The lowest BCUT2D eigenvalue weighted by Crippen LogP contribution is -2.25. The van der Waals surface area contributed by atoms with E-state index in [1.165, 1.54) is 11.3 Å². The molecular weight excluding hydrogens is 212 g/mol. The zero-order valence-corrected chi connectivity index (χ0v) is 10.6. The first-order valence-corrected chi connectivity index (χ1v) is 6.43. The van der Waals surface area contributed by atoms with Gasteiger partial charge in [0.15, 0.2) is 0 Å². The number of benzene rings is 1. The number of hydrogen-bond acceptors (Lipinski definition) is 3. The Hall–Kier alpha value is -1.06. The van der Waals surface area contributed by atoms with Crippen LogP contribution in [-0.2, 0) is 11.2 Å². The van der Waals surface area contributed by atoms with Crippen molar-refractivity contribution < 1.29 is 4.74 Å². The van der Waals surface area contributed by atoms with E-state index in [1.807, 2.05) is 6.92 Å². The lowest BCUT2D eigenvalue weighted by molar-refractivity contribution is 0.152. The molecule has 1 unspecified atom stereocenters. The van der Waals surface area contributed by atoms with Gasteiger partial charge < -0.3 is 15.4 Å². The van der Waals surface area contributed by atoms with Crippen molar-refractivity contribution in [3.8, 4) is 0 Å². The van der Waals surface area contributed by atoms with E-state index in [4.69, 9.17) is 10.5 Å². The predicted octanol–water partition coefficient (Wildman–Crippen LogP) is 1.80. The van der Waals surface area contributed by atoms with Crippen LogP contribution in [0.25, 0.3) is 0 Å². The van der Waals surface area contributed by atoms with E-state index in [1.54, 1.807) is 0 Å². The molecule has 0 radical (unpaired) electrons. The Morgan fingerprint density at radius 3 is 2.71 bits per heavy atom. The Balaban J connectivity index is 2.00. The molecule has 1 atom stereocenters. The van der Waals surface area contributed by atoms with Gasteiger partial charge in [-0.25, -0.2) is 0 Å². The smallest absolute Gasteiger partial charge is 0.0641 e. The average Bonchev–Trinajstić information content (AvgIpc) is 2.58. The normalized spacial score (nSPS) is 18.8. The molecule has 1 aromatic rings. The first kappa shape index (κ1) is 12.4. The lowest BCUT2D eigenvalue weighted by atomic mass is 10.1. The summed E-state index contributed by atoms with van der Waals surface area (Å²) in [5.74, 6) is 0. The fraction of sp³-hybridized carbons (Fsp3) is 0.571. The number of nitrogens with zero attached hydrogens (tertiary/aromatic N) is 1. The molecule has 1 aliphatic heterocycles. The predicted molar refractivity (Wildman–Crippen MR) is 71.4 cm³/mol. The van der Waals surface area contributed by atoms with Crippen molar-refractivity contribution in [2.45, 2.75) is 25.8 Å². The standard InChI is InChI=1S/C14H22N2O/c1-12(15)11-13-3-5-14(6-4-13)16-7-2-9-17-10-8-16/h3-6,12H,2,7-11,15H2,1H3. The van der Waals surface area contributed by atoms with Gasteiger partial charge in [-0.05, 0) is 37.5 Å². The van der Waals surface area contributed by atoms with Gasteiger partial charge in [0.2, 0.25) is 0 Å². The summed E-state index contributed by atoms with van der Waals surface area (Å²) in [6.07, 6.45) is 2.06. The number of rotatable bonds is 3. The molecule has 3 nitrogen and oxygen atoms in total. The van der Waals surface area contributed by atoms with E-state index in [9.17, 15) is 0 Å². The lowest BCUT2D eigenvalue weighted by Gasteiger charge is -2.22. The molecule has 17 heavy (non-hydrogen) atoms. The maximum Gasteiger partial charge on any atom is 0.0641 e. The highest BCUT2D eigenvalue weighted by Crippen LogP contribution is 2.17. The van der Waals surface area contributed by atoms with Crippen molar-refractivity contribution in [3.05, 3.63) is 29.8 Å². The van der Waals surface area contributed by atoms with Crippen LogP contribution in [0.2, 0.25) is 0 Å². The molecule has 0 bridgehead atoms. The van der Waals surface area contributed by atoms with Gasteiger partial charge in [-0.1, -0.05) is 12.1 Å². The highest BCUT2D eigenvalue weighted by molar-refractivity contribution is 5.47. The van der Waals surface area contributed by atoms with E-state index >= 15 is 0 Å². The molecule has 1 saturated heterocycles. The molecule has 1 aromatic carbocycles. The van der Waals surface area contributed by atoms with E-state index in [-0.39, 0.29) is 6.04 Å². The van der Waals surface area contributed by atoms with Crippen LogP contribution in [0, 0.1) is 0 Å².